The maximum absolute atomic E-state index is 4.20. The number of hydrogen-bond donors (Lipinski definition) is 1. The number of hydrogen-bond acceptors (Lipinski definition) is 4. The van der Waals surface area contributed by atoms with Gasteiger partial charge in [0.2, 0.25) is 0 Å². The van der Waals surface area contributed by atoms with Crippen molar-refractivity contribution in [3.8, 4) is 0 Å². The molecule has 1 atom stereocenters. The van der Waals surface area contributed by atoms with Crippen molar-refractivity contribution >= 4 is 5.82 Å². The lowest BCUT2D eigenvalue weighted by Gasteiger charge is -2.23. The van der Waals surface area contributed by atoms with Gasteiger partial charge in [0.25, 0.3) is 0 Å². The molecular formula is C12H22N4. The normalized spacial score (nSPS) is 12.8. The van der Waals surface area contributed by atoms with Crippen LogP contribution < -0.4 is 5.32 Å². The van der Waals surface area contributed by atoms with Gasteiger partial charge >= 0.3 is 0 Å². The molecule has 1 aromatic heterocycles. The number of anilines is 1. The second kappa shape index (κ2) is 6.43. The third-order valence-electron chi connectivity index (χ3n) is 2.62. The van der Waals surface area contributed by atoms with Gasteiger partial charge in [-0.3, -0.25) is 0 Å². The largest absolute Gasteiger partial charge is 0.366 e. The minimum Gasteiger partial charge on any atom is -0.366 e. The third-order valence-corrected chi connectivity index (χ3v) is 2.62. The summed E-state index contributed by atoms with van der Waals surface area (Å²) < 4.78 is 0. The maximum atomic E-state index is 4.20. The third kappa shape index (κ3) is 4.14. The Bertz CT molecular complexity index is 310. The van der Waals surface area contributed by atoms with Crippen molar-refractivity contribution in [3.63, 3.8) is 0 Å². The van der Waals surface area contributed by atoms with Crippen LogP contribution in [0, 0.1) is 6.92 Å². The molecule has 0 bridgehead atoms. The molecule has 0 aliphatic rings. The van der Waals surface area contributed by atoms with Crippen molar-refractivity contribution < 1.29 is 0 Å². The summed E-state index contributed by atoms with van der Waals surface area (Å²) in [4.78, 5) is 10.7. The minimum absolute atomic E-state index is 0.397. The second-order valence-corrected chi connectivity index (χ2v) is 4.08. The molecule has 0 saturated carbocycles. The molecule has 0 radical (unpaired) electrons. The van der Waals surface area contributed by atoms with E-state index in [1.54, 1.807) is 6.33 Å². The Morgan fingerprint density at radius 2 is 2.00 bits per heavy atom. The molecule has 0 aliphatic heterocycles. The van der Waals surface area contributed by atoms with Crippen molar-refractivity contribution in [2.24, 2.45) is 0 Å². The Morgan fingerprint density at radius 1 is 1.31 bits per heavy atom. The molecule has 4 nitrogen and oxygen atoms in total. The van der Waals surface area contributed by atoms with E-state index in [0.29, 0.717) is 6.04 Å². The van der Waals surface area contributed by atoms with Crippen LogP contribution in [0.1, 0.15) is 26.5 Å². The van der Waals surface area contributed by atoms with Crippen molar-refractivity contribution in [1.29, 1.82) is 0 Å². The molecule has 90 valence electrons. The molecule has 4 heteroatoms. The SMILES string of the molecule is CCN(CC)CC(C)Nc1cc(C)ncn1. The summed E-state index contributed by atoms with van der Waals surface area (Å²) in [6.45, 7) is 11.7. The lowest BCUT2D eigenvalue weighted by Crippen LogP contribution is -2.34. The zero-order valence-corrected chi connectivity index (χ0v) is 10.7. The number of aryl methyl sites for hydroxylation is 1. The molecule has 0 amide bonds. The quantitative estimate of drug-likeness (QED) is 0.798. The highest BCUT2D eigenvalue weighted by Crippen LogP contribution is 2.05. The van der Waals surface area contributed by atoms with Gasteiger partial charge in [-0.05, 0) is 26.9 Å². The van der Waals surface area contributed by atoms with Crippen LogP contribution in [0.15, 0.2) is 12.4 Å². The Balaban J connectivity index is 2.47. The molecular weight excluding hydrogens is 200 g/mol. The molecule has 0 fully saturated rings. The van der Waals surface area contributed by atoms with Crippen LogP contribution in [0.25, 0.3) is 0 Å². The lowest BCUT2D eigenvalue weighted by atomic mass is 10.3. The van der Waals surface area contributed by atoms with Crippen molar-refractivity contribution in [3.05, 3.63) is 18.1 Å². The summed E-state index contributed by atoms with van der Waals surface area (Å²) >= 11 is 0. The van der Waals surface area contributed by atoms with E-state index in [2.05, 4.69) is 41.0 Å². The first kappa shape index (κ1) is 12.9. The molecule has 0 saturated heterocycles. The predicted molar refractivity (Wildman–Crippen MR) is 67.6 cm³/mol. The average molecular weight is 222 g/mol. The molecule has 1 heterocycles. The standard InChI is InChI=1S/C12H22N4/c1-5-16(6-2)8-11(4)15-12-7-10(3)13-9-14-12/h7,9,11H,5-6,8H2,1-4H3,(H,13,14,15). The van der Waals surface area contributed by atoms with Crippen LogP contribution in [-0.4, -0.2) is 40.5 Å². The van der Waals surface area contributed by atoms with E-state index in [4.69, 9.17) is 0 Å². The first-order valence-corrected chi connectivity index (χ1v) is 5.93. The highest BCUT2D eigenvalue weighted by Gasteiger charge is 2.07. The van der Waals surface area contributed by atoms with Crippen molar-refractivity contribution in [2.45, 2.75) is 33.7 Å². The number of aromatic nitrogens is 2. The van der Waals surface area contributed by atoms with Crippen LogP contribution in [0.3, 0.4) is 0 Å². The zero-order chi connectivity index (χ0) is 12.0. The number of likely N-dealkylation sites (N-methyl/N-ethyl adjacent to an activating group) is 1. The number of nitrogens with one attached hydrogen (secondary N) is 1. The maximum Gasteiger partial charge on any atom is 0.129 e. The van der Waals surface area contributed by atoms with Gasteiger partial charge in [-0.15, -0.1) is 0 Å². The summed E-state index contributed by atoms with van der Waals surface area (Å²) in [5.41, 5.74) is 0.993. The molecule has 1 rings (SSSR count). The Hall–Kier alpha value is -1.16. The lowest BCUT2D eigenvalue weighted by molar-refractivity contribution is 0.294. The summed E-state index contributed by atoms with van der Waals surface area (Å²) in [5, 5.41) is 3.39. The Morgan fingerprint density at radius 3 is 2.56 bits per heavy atom. The average Bonchev–Trinajstić information content (AvgIpc) is 2.26. The molecule has 0 spiro atoms. The molecule has 16 heavy (non-hydrogen) atoms. The first-order chi connectivity index (χ1) is 7.65. The van der Waals surface area contributed by atoms with Crippen LogP contribution in [0.2, 0.25) is 0 Å². The summed E-state index contributed by atoms with van der Waals surface area (Å²) in [5.74, 6) is 0.909. The van der Waals surface area contributed by atoms with Crippen LogP contribution in [0.5, 0.6) is 0 Å². The van der Waals surface area contributed by atoms with Gasteiger partial charge in [-0.1, -0.05) is 13.8 Å². The fourth-order valence-corrected chi connectivity index (χ4v) is 1.70. The first-order valence-electron chi connectivity index (χ1n) is 5.93. The molecule has 0 aliphatic carbocycles. The Kier molecular flexibility index (Phi) is 5.19. The van der Waals surface area contributed by atoms with E-state index in [1.165, 1.54) is 0 Å². The van der Waals surface area contributed by atoms with Gasteiger partial charge < -0.3 is 10.2 Å². The van der Waals surface area contributed by atoms with E-state index in [9.17, 15) is 0 Å². The fraction of sp³-hybridized carbons (Fsp3) is 0.667. The van der Waals surface area contributed by atoms with Crippen LogP contribution >= 0.6 is 0 Å². The highest BCUT2D eigenvalue weighted by molar-refractivity contribution is 5.35. The summed E-state index contributed by atoms with van der Waals surface area (Å²) in [7, 11) is 0. The smallest absolute Gasteiger partial charge is 0.129 e. The van der Waals surface area contributed by atoms with Crippen LogP contribution in [-0.2, 0) is 0 Å². The highest BCUT2D eigenvalue weighted by atomic mass is 15.1. The fourth-order valence-electron chi connectivity index (χ4n) is 1.70. The Labute approximate surface area is 98.1 Å². The van der Waals surface area contributed by atoms with E-state index < -0.39 is 0 Å². The summed E-state index contributed by atoms with van der Waals surface area (Å²) in [6.07, 6.45) is 1.60. The zero-order valence-electron chi connectivity index (χ0n) is 10.7. The van der Waals surface area contributed by atoms with Gasteiger partial charge in [0, 0.05) is 24.3 Å². The van der Waals surface area contributed by atoms with Crippen molar-refractivity contribution in [1.82, 2.24) is 14.9 Å². The van der Waals surface area contributed by atoms with E-state index in [0.717, 1.165) is 31.1 Å². The van der Waals surface area contributed by atoms with Gasteiger partial charge in [0.1, 0.15) is 12.1 Å². The van der Waals surface area contributed by atoms with E-state index in [-0.39, 0.29) is 0 Å². The second-order valence-electron chi connectivity index (χ2n) is 4.08. The molecule has 1 unspecified atom stereocenters. The van der Waals surface area contributed by atoms with Crippen LogP contribution in [0.4, 0.5) is 5.82 Å². The topological polar surface area (TPSA) is 41.0 Å². The van der Waals surface area contributed by atoms with Gasteiger partial charge in [0.05, 0.1) is 0 Å². The summed E-state index contributed by atoms with van der Waals surface area (Å²) in [6, 6.07) is 2.37. The van der Waals surface area contributed by atoms with Gasteiger partial charge in [-0.25, -0.2) is 9.97 Å². The van der Waals surface area contributed by atoms with Gasteiger partial charge in [0.15, 0.2) is 0 Å². The monoisotopic (exact) mass is 222 g/mol. The van der Waals surface area contributed by atoms with Gasteiger partial charge in [-0.2, -0.15) is 0 Å². The minimum atomic E-state index is 0.397. The predicted octanol–water partition coefficient (Wildman–Crippen LogP) is 1.93. The van der Waals surface area contributed by atoms with E-state index in [1.807, 2.05) is 13.0 Å². The van der Waals surface area contributed by atoms with E-state index >= 15 is 0 Å². The molecule has 0 aromatic carbocycles. The molecule has 1 aromatic rings. The molecule has 1 N–H and O–H groups in total. The number of nitrogens with zero attached hydrogens (tertiary/aromatic N) is 3. The number of rotatable bonds is 6. The van der Waals surface area contributed by atoms with Crippen molar-refractivity contribution in [2.75, 3.05) is 25.0 Å².